The van der Waals surface area contributed by atoms with Gasteiger partial charge in [-0.1, -0.05) is 18.2 Å². The van der Waals surface area contributed by atoms with Crippen LogP contribution in [0.3, 0.4) is 0 Å². The summed E-state index contributed by atoms with van der Waals surface area (Å²) in [5, 5.41) is 11.4. The van der Waals surface area contributed by atoms with Crippen molar-refractivity contribution in [3.8, 4) is 0 Å². The molecule has 0 aliphatic carbocycles. The highest BCUT2D eigenvalue weighted by Gasteiger charge is 2.46. The Morgan fingerprint density at radius 3 is 2.44 bits per heavy atom. The SMILES string of the molecule is COC(=O)c1ccc(C2/C(=C(\O)c3nc4c(C)cccn4c3C)C(=O)C(=O)N2CCCN(C)C)cc1. The van der Waals surface area contributed by atoms with Crippen LogP contribution in [0.15, 0.2) is 48.2 Å². The molecule has 1 amide bonds. The van der Waals surface area contributed by atoms with E-state index >= 15 is 0 Å². The third kappa shape index (κ3) is 4.37. The van der Waals surface area contributed by atoms with E-state index in [0.717, 1.165) is 12.1 Å². The van der Waals surface area contributed by atoms with Crippen molar-refractivity contribution in [2.24, 2.45) is 0 Å². The van der Waals surface area contributed by atoms with Crippen molar-refractivity contribution in [2.45, 2.75) is 26.3 Å². The zero-order chi connectivity index (χ0) is 26.1. The number of Topliss-reactive ketones (excluding diaryl/α,β-unsaturated/α-hetero) is 1. The topological polar surface area (TPSA) is 104 Å². The average Bonchev–Trinajstić information content (AvgIpc) is 3.33. The highest BCUT2D eigenvalue weighted by Crippen LogP contribution is 2.40. The van der Waals surface area contributed by atoms with Crippen LogP contribution in [0.1, 0.15) is 45.3 Å². The van der Waals surface area contributed by atoms with Gasteiger partial charge in [0.15, 0.2) is 5.76 Å². The molecule has 0 spiro atoms. The number of imidazole rings is 1. The number of pyridine rings is 1. The predicted octanol–water partition coefficient (Wildman–Crippen LogP) is 3.11. The zero-order valence-electron chi connectivity index (χ0n) is 21.1. The lowest BCUT2D eigenvalue weighted by molar-refractivity contribution is -0.139. The molecule has 3 heterocycles. The van der Waals surface area contributed by atoms with E-state index in [0.29, 0.717) is 35.4 Å². The number of carbonyl (C=O) groups excluding carboxylic acids is 3. The first kappa shape index (κ1) is 25.1. The lowest BCUT2D eigenvalue weighted by atomic mass is 9.95. The quantitative estimate of drug-likeness (QED) is 0.235. The van der Waals surface area contributed by atoms with E-state index in [1.807, 2.05) is 55.6 Å². The molecule has 36 heavy (non-hydrogen) atoms. The van der Waals surface area contributed by atoms with E-state index in [1.165, 1.54) is 12.0 Å². The molecule has 1 unspecified atom stereocenters. The Labute approximate surface area is 209 Å². The van der Waals surface area contributed by atoms with Gasteiger partial charge in [0.2, 0.25) is 0 Å². The van der Waals surface area contributed by atoms with E-state index in [-0.39, 0.29) is 17.0 Å². The van der Waals surface area contributed by atoms with Gasteiger partial charge in [-0.05, 0) is 70.2 Å². The van der Waals surface area contributed by atoms with Crippen molar-refractivity contribution < 1.29 is 24.2 Å². The van der Waals surface area contributed by atoms with E-state index in [2.05, 4.69) is 4.98 Å². The van der Waals surface area contributed by atoms with Crippen LogP contribution < -0.4 is 0 Å². The number of hydrogen-bond donors (Lipinski definition) is 1. The maximum absolute atomic E-state index is 13.3. The van der Waals surface area contributed by atoms with Gasteiger partial charge < -0.3 is 24.0 Å². The first-order valence-corrected chi connectivity index (χ1v) is 11.7. The third-order valence-electron chi connectivity index (χ3n) is 6.50. The second-order valence-electron chi connectivity index (χ2n) is 9.19. The minimum atomic E-state index is -0.816. The number of nitrogens with zero attached hydrogens (tertiary/aromatic N) is 4. The summed E-state index contributed by atoms with van der Waals surface area (Å²) in [5.41, 5.74) is 3.43. The Bertz CT molecular complexity index is 1370. The molecule has 188 valence electrons. The van der Waals surface area contributed by atoms with Crippen LogP contribution in [0.4, 0.5) is 0 Å². The molecule has 1 saturated heterocycles. The highest BCUT2D eigenvalue weighted by molar-refractivity contribution is 6.46. The van der Waals surface area contributed by atoms with Crippen molar-refractivity contribution in [3.63, 3.8) is 0 Å². The number of amides is 1. The number of ketones is 1. The number of aliphatic hydroxyl groups is 1. The standard InChI is InChI=1S/C27H30N4O5/c1-16-8-6-14-30-17(2)21(28-25(16)30)23(32)20-22(18-9-11-19(12-10-18)27(35)36-5)31(26(34)24(20)33)15-7-13-29(3)4/h6,8-12,14,22,32H,7,13,15H2,1-5H3/b23-20+. The molecule has 1 aliphatic heterocycles. The molecule has 1 fully saturated rings. The van der Waals surface area contributed by atoms with E-state index in [4.69, 9.17) is 4.74 Å². The molecular weight excluding hydrogens is 460 g/mol. The van der Waals surface area contributed by atoms with Crippen LogP contribution in [0, 0.1) is 13.8 Å². The summed E-state index contributed by atoms with van der Waals surface area (Å²) in [4.78, 5) is 46.5. The number of aryl methyl sites for hydroxylation is 2. The Hall–Kier alpha value is -3.98. The molecule has 0 saturated carbocycles. The van der Waals surface area contributed by atoms with Crippen LogP contribution in [0.25, 0.3) is 11.4 Å². The van der Waals surface area contributed by atoms with Crippen molar-refractivity contribution in [2.75, 3.05) is 34.3 Å². The van der Waals surface area contributed by atoms with Crippen LogP contribution in [-0.4, -0.2) is 76.2 Å². The van der Waals surface area contributed by atoms with Gasteiger partial charge in [-0.25, -0.2) is 9.78 Å². The van der Waals surface area contributed by atoms with Gasteiger partial charge in [0.1, 0.15) is 11.3 Å². The molecule has 9 heteroatoms. The zero-order valence-corrected chi connectivity index (χ0v) is 21.1. The summed E-state index contributed by atoms with van der Waals surface area (Å²) in [6.07, 6.45) is 2.48. The molecule has 9 nitrogen and oxygen atoms in total. The predicted molar refractivity (Wildman–Crippen MR) is 135 cm³/mol. The maximum Gasteiger partial charge on any atom is 0.337 e. The summed E-state index contributed by atoms with van der Waals surface area (Å²) in [7, 11) is 5.17. The molecule has 4 rings (SSSR count). The Morgan fingerprint density at radius 2 is 1.83 bits per heavy atom. The fraction of sp³-hybridized carbons (Fsp3) is 0.333. The van der Waals surface area contributed by atoms with E-state index in [1.54, 1.807) is 24.3 Å². The molecular formula is C27H30N4O5. The third-order valence-corrected chi connectivity index (χ3v) is 6.50. The number of fused-ring (bicyclic) bond motifs is 1. The summed E-state index contributed by atoms with van der Waals surface area (Å²) in [6, 6.07) is 9.50. The minimum Gasteiger partial charge on any atom is -0.505 e. The number of aromatic nitrogens is 2. The number of hydrogen-bond acceptors (Lipinski definition) is 7. The number of rotatable bonds is 7. The Balaban J connectivity index is 1.86. The number of esters is 1. The highest BCUT2D eigenvalue weighted by atomic mass is 16.5. The molecule has 1 N–H and O–H groups in total. The van der Waals surface area contributed by atoms with E-state index in [9.17, 15) is 19.5 Å². The van der Waals surface area contributed by atoms with Gasteiger partial charge in [-0.2, -0.15) is 0 Å². The second-order valence-corrected chi connectivity index (χ2v) is 9.19. The van der Waals surface area contributed by atoms with Crippen molar-refractivity contribution >= 4 is 29.1 Å². The fourth-order valence-corrected chi connectivity index (χ4v) is 4.61. The smallest absolute Gasteiger partial charge is 0.337 e. The minimum absolute atomic E-state index is 0.0140. The van der Waals surface area contributed by atoms with Crippen LogP contribution in [0.2, 0.25) is 0 Å². The summed E-state index contributed by atoms with van der Waals surface area (Å²) < 4.78 is 6.62. The molecule has 3 aromatic rings. The van der Waals surface area contributed by atoms with Gasteiger partial charge in [-0.15, -0.1) is 0 Å². The van der Waals surface area contributed by atoms with E-state index < -0.39 is 23.7 Å². The van der Waals surface area contributed by atoms with Crippen LogP contribution in [-0.2, 0) is 14.3 Å². The second kappa shape index (κ2) is 9.94. The summed E-state index contributed by atoms with van der Waals surface area (Å²) in [6.45, 7) is 4.77. The van der Waals surface area contributed by atoms with Crippen LogP contribution >= 0.6 is 0 Å². The largest absolute Gasteiger partial charge is 0.505 e. The normalized spacial score (nSPS) is 17.4. The lowest BCUT2D eigenvalue weighted by Gasteiger charge is -2.26. The number of benzene rings is 1. The van der Waals surface area contributed by atoms with Crippen molar-refractivity contribution in [1.82, 2.24) is 19.2 Å². The summed E-state index contributed by atoms with van der Waals surface area (Å²) in [5.74, 6) is -2.23. The Kier molecular flexibility index (Phi) is 6.94. The molecule has 2 aromatic heterocycles. The monoisotopic (exact) mass is 490 g/mol. The maximum atomic E-state index is 13.3. The van der Waals surface area contributed by atoms with Crippen molar-refractivity contribution in [3.05, 3.63) is 76.2 Å². The lowest BCUT2D eigenvalue weighted by Crippen LogP contribution is -2.32. The molecule has 1 aromatic carbocycles. The number of ether oxygens (including phenoxy) is 1. The Morgan fingerprint density at radius 1 is 1.14 bits per heavy atom. The molecule has 0 bridgehead atoms. The number of methoxy groups -OCH3 is 1. The molecule has 1 aliphatic rings. The van der Waals surface area contributed by atoms with Gasteiger partial charge in [0.05, 0.1) is 30.0 Å². The van der Waals surface area contributed by atoms with Gasteiger partial charge in [0, 0.05) is 12.7 Å². The fourth-order valence-electron chi connectivity index (χ4n) is 4.61. The van der Waals surface area contributed by atoms with Gasteiger partial charge in [0.25, 0.3) is 11.7 Å². The average molecular weight is 491 g/mol. The number of carbonyl (C=O) groups is 3. The first-order chi connectivity index (χ1) is 17.1. The molecule has 0 radical (unpaired) electrons. The molecule has 1 atom stereocenters. The van der Waals surface area contributed by atoms with Crippen LogP contribution in [0.5, 0.6) is 0 Å². The first-order valence-electron chi connectivity index (χ1n) is 11.7. The number of likely N-dealkylation sites (tertiary alicyclic amines) is 1. The number of aliphatic hydroxyl groups excluding tert-OH is 1. The van der Waals surface area contributed by atoms with Gasteiger partial charge >= 0.3 is 5.97 Å². The van der Waals surface area contributed by atoms with Gasteiger partial charge in [-0.3, -0.25) is 9.59 Å². The van der Waals surface area contributed by atoms with Crippen molar-refractivity contribution in [1.29, 1.82) is 0 Å². The summed E-state index contributed by atoms with van der Waals surface area (Å²) >= 11 is 0.